The molecular formula is C11H9F6NO4. The van der Waals surface area contributed by atoms with Crippen LogP contribution in [-0.2, 0) is 22.1 Å². The number of carbonyl (C=O) groups excluding carboxylic acids is 1. The van der Waals surface area contributed by atoms with Gasteiger partial charge in [0.2, 0.25) is 5.88 Å². The normalized spacial score (nSPS) is 12.1. The number of H-pyrrole nitrogens is 1. The number of hydrogen-bond donors (Lipinski definition) is 1. The Bertz CT molecular complexity index is 604. The number of ether oxygens (including phenoxy) is 2. The van der Waals surface area contributed by atoms with Gasteiger partial charge < -0.3 is 9.47 Å². The first-order valence-electron chi connectivity index (χ1n) is 5.68. The molecule has 0 radical (unpaired) electrons. The first-order valence-corrected chi connectivity index (χ1v) is 5.68. The third kappa shape index (κ3) is 4.97. The molecule has 1 rings (SSSR count). The molecule has 22 heavy (non-hydrogen) atoms. The van der Waals surface area contributed by atoms with E-state index in [1.807, 2.05) is 0 Å². The van der Waals surface area contributed by atoms with E-state index in [4.69, 9.17) is 0 Å². The van der Waals surface area contributed by atoms with Gasteiger partial charge in [-0.15, -0.1) is 13.2 Å². The Morgan fingerprint density at radius 2 is 1.82 bits per heavy atom. The van der Waals surface area contributed by atoms with E-state index in [2.05, 4.69) is 9.47 Å². The van der Waals surface area contributed by atoms with Crippen LogP contribution in [0.1, 0.15) is 18.1 Å². The predicted molar refractivity (Wildman–Crippen MR) is 59.1 cm³/mol. The highest BCUT2D eigenvalue weighted by molar-refractivity contribution is 5.73. The zero-order chi connectivity index (χ0) is 17.1. The van der Waals surface area contributed by atoms with Gasteiger partial charge in [0.1, 0.15) is 5.56 Å². The van der Waals surface area contributed by atoms with Crippen molar-refractivity contribution in [3.63, 3.8) is 0 Å². The zero-order valence-corrected chi connectivity index (χ0v) is 10.9. The number of nitrogens with one attached hydrogen (secondary N) is 1. The smallest absolute Gasteiger partial charge is 0.466 e. The van der Waals surface area contributed by atoms with Crippen molar-refractivity contribution in [2.75, 3.05) is 6.61 Å². The maximum Gasteiger partial charge on any atom is 0.574 e. The average Bonchev–Trinajstić information content (AvgIpc) is 2.29. The van der Waals surface area contributed by atoms with Gasteiger partial charge in [0.05, 0.1) is 13.0 Å². The molecule has 0 fully saturated rings. The van der Waals surface area contributed by atoms with Crippen LogP contribution >= 0.6 is 0 Å². The molecule has 0 saturated carbocycles. The zero-order valence-electron chi connectivity index (χ0n) is 10.9. The molecule has 0 aliphatic carbocycles. The minimum atomic E-state index is -5.26. The van der Waals surface area contributed by atoms with Gasteiger partial charge in [0.25, 0.3) is 5.56 Å². The molecule has 5 nitrogen and oxygen atoms in total. The Kier molecular flexibility index (Phi) is 5.09. The van der Waals surface area contributed by atoms with Crippen LogP contribution in [0.4, 0.5) is 26.3 Å². The molecule has 0 atom stereocenters. The third-order valence-electron chi connectivity index (χ3n) is 2.25. The summed E-state index contributed by atoms with van der Waals surface area (Å²) in [7, 11) is 0. The number of hydrogen-bond acceptors (Lipinski definition) is 4. The largest absolute Gasteiger partial charge is 0.574 e. The number of alkyl halides is 6. The molecule has 1 N–H and O–H groups in total. The maximum atomic E-state index is 12.6. The van der Waals surface area contributed by atoms with E-state index in [9.17, 15) is 35.9 Å². The van der Waals surface area contributed by atoms with Crippen LogP contribution in [0.5, 0.6) is 5.88 Å². The summed E-state index contributed by atoms with van der Waals surface area (Å²) >= 11 is 0. The highest BCUT2D eigenvalue weighted by Gasteiger charge is 2.37. The Labute approximate surface area is 118 Å². The van der Waals surface area contributed by atoms with Gasteiger partial charge >= 0.3 is 18.5 Å². The topological polar surface area (TPSA) is 68.4 Å². The molecular weight excluding hydrogens is 324 g/mol. The summed E-state index contributed by atoms with van der Waals surface area (Å²) in [6.45, 7) is 1.28. The highest BCUT2D eigenvalue weighted by atomic mass is 19.4. The molecule has 124 valence electrons. The summed E-state index contributed by atoms with van der Waals surface area (Å²) in [6, 6.07) is 0.122. The van der Waals surface area contributed by atoms with Gasteiger partial charge in [0.15, 0.2) is 0 Å². The first kappa shape index (κ1) is 17.9. The van der Waals surface area contributed by atoms with E-state index in [0.717, 1.165) is 0 Å². The molecule has 1 aromatic rings. The lowest BCUT2D eigenvalue weighted by molar-refractivity contribution is -0.276. The molecule has 0 bridgehead atoms. The van der Waals surface area contributed by atoms with Gasteiger partial charge in [-0.05, 0) is 13.0 Å². The van der Waals surface area contributed by atoms with Gasteiger partial charge in [-0.3, -0.25) is 14.6 Å². The first-order chi connectivity index (χ1) is 9.94. The molecule has 0 aliphatic heterocycles. The highest BCUT2D eigenvalue weighted by Crippen LogP contribution is 2.30. The van der Waals surface area contributed by atoms with Gasteiger partial charge in [-0.25, -0.2) is 0 Å². The fraction of sp³-hybridized carbons (Fsp3) is 0.455. The van der Waals surface area contributed by atoms with Crippen molar-refractivity contribution < 1.29 is 40.6 Å². The summed E-state index contributed by atoms with van der Waals surface area (Å²) in [5.74, 6) is -2.37. The maximum absolute atomic E-state index is 12.6. The quantitative estimate of drug-likeness (QED) is 0.679. The van der Waals surface area contributed by atoms with Crippen molar-refractivity contribution in [1.82, 2.24) is 4.98 Å². The molecule has 0 saturated heterocycles. The van der Waals surface area contributed by atoms with Crippen LogP contribution in [0.3, 0.4) is 0 Å². The molecule has 0 aliphatic rings. The van der Waals surface area contributed by atoms with E-state index in [1.54, 1.807) is 0 Å². The second-order valence-electron chi connectivity index (χ2n) is 3.89. The average molecular weight is 333 g/mol. The lowest BCUT2D eigenvalue weighted by Gasteiger charge is -2.14. The minimum Gasteiger partial charge on any atom is -0.466 e. The standard InChI is InChI=1S/C11H9F6NO4/c1-2-21-7(19)4-5-3-6(10(12,13)14)8(20)18-9(5)22-11(15,16)17/h3H,2,4H2,1H3,(H,18,20). The second kappa shape index (κ2) is 6.28. The van der Waals surface area contributed by atoms with Crippen LogP contribution in [0.15, 0.2) is 10.9 Å². The fourth-order valence-corrected chi connectivity index (χ4v) is 1.47. The molecule has 1 aromatic heterocycles. The number of esters is 1. The van der Waals surface area contributed by atoms with E-state index in [0.29, 0.717) is 0 Å². The summed E-state index contributed by atoms with van der Waals surface area (Å²) in [4.78, 5) is 23.8. The minimum absolute atomic E-state index is 0.121. The summed E-state index contributed by atoms with van der Waals surface area (Å²) in [5.41, 5.74) is -4.37. The number of halogens is 6. The van der Waals surface area contributed by atoms with Crippen LogP contribution in [0.25, 0.3) is 0 Å². The SMILES string of the molecule is CCOC(=O)Cc1cc(C(F)(F)F)c(=O)[nH]c1OC(F)(F)F. The van der Waals surface area contributed by atoms with Crippen molar-refractivity contribution in [3.05, 3.63) is 27.5 Å². The Morgan fingerprint density at radius 3 is 2.27 bits per heavy atom. The summed E-state index contributed by atoms with van der Waals surface area (Å²) < 4.78 is 82.2. The summed E-state index contributed by atoms with van der Waals surface area (Å²) in [5, 5.41) is 0. The van der Waals surface area contributed by atoms with E-state index >= 15 is 0 Å². The Hall–Kier alpha value is -2.20. The Balaban J connectivity index is 3.33. The monoisotopic (exact) mass is 333 g/mol. The molecule has 11 heteroatoms. The van der Waals surface area contributed by atoms with Crippen LogP contribution in [-0.4, -0.2) is 23.9 Å². The van der Waals surface area contributed by atoms with Crippen LogP contribution < -0.4 is 10.3 Å². The molecule has 0 aromatic carbocycles. The molecule has 1 heterocycles. The van der Waals surface area contributed by atoms with Crippen molar-refractivity contribution >= 4 is 5.97 Å². The third-order valence-corrected chi connectivity index (χ3v) is 2.25. The number of aromatic nitrogens is 1. The van der Waals surface area contributed by atoms with E-state index in [1.165, 1.54) is 11.9 Å². The number of pyridine rings is 1. The lowest BCUT2D eigenvalue weighted by Crippen LogP contribution is -2.27. The summed E-state index contributed by atoms with van der Waals surface area (Å²) in [6.07, 6.45) is -11.3. The molecule has 0 unspecified atom stereocenters. The predicted octanol–water partition coefficient (Wildman–Crippen LogP) is 2.40. The van der Waals surface area contributed by atoms with Gasteiger partial charge in [-0.1, -0.05) is 0 Å². The molecule has 0 spiro atoms. The number of carbonyl (C=O) groups is 1. The van der Waals surface area contributed by atoms with Crippen molar-refractivity contribution in [2.45, 2.75) is 25.9 Å². The Morgan fingerprint density at radius 1 is 1.23 bits per heavy atom. The van der Waals surface area contributed by atoms with Crippen molar-refractivity contribution in [2.24, 2.45) is 0 Å². The molecule has 0 amide bonds. The number of aromatic amines is 1. The lowest BCUT2D eigenvalue weighted by atomic mass is 10.1. The van der Waals surface area contributed by atoms with Gasteiger partial charge in [0, 0.05) is 5.56 Å². The van der Waals surface area contributed by atoms with Gasteiger partial charge in [-0.2, -0.15) is 13.2 Å². The van der Waals surface area contributed by atoms with Crippen LogP contribution in [0.2, 0.25) is 0 Å². The second-order valence-corrected chi connectivity index (χ2v) is 3.89. The van der Waals surface area contributed by atoms with Crippen molar-refractivity contribution in [3.8, 4) is 5.88 Å². The fourth-order valence-electron chi connectivity index (χ4n) is 1.47. The number of rotatable bonds is 4. The van der Waals surface area contributed by atoms with Crippen LogP contribution in [0, 0.1) is 0 Å². The van der Waals surface area contributed by atoms with Crippen molar-refractivity contribution in [1.29, 1.82) is 0 Å². The van der Waals surface area contributed by atoms with E-state index < -0.39 is 47.5 Å². The van der Waals surface area contributed by atoms with E-state index in [-0.39, 0.29) is 12.7 Å².